The van der Waals surface area contributed by atoms with Crippen molar-refractivity contribution in [2.75, 3.05) is 13.7 Å². The molecule has 0 unspecified atom stereocenters. The van der Waals surface area contributed by atoms with E-state index in [4.69, 9.17) is 9.15 Å². The van der Waals surface area contributed by atoms with Gasteiger partial charge in [0.15, 0.2) is 0 Å². The van der Waals surface area contributed by atoms with Gasteiger partial charge in [0.1, 0.15) is 0 Å². The predicted molar refractivity (Wildman–Crippen MR) is 56.8 cm³/mol. The van der Waals surface area contributed by atoms with E-state index in [1.807, 2.05) is 6.92 Å². The zero-order valence-corrected chi connectivity index (χ0v) is 9.53. The molecule has 0 radical (unpaired) electrons. The smallest absolute Gasteiger partial charge is 0.379 e. The lowest BCUT2D eigenvalue weighted by molar-refractivity contribution is 0.0558. The Morgan fingerprint density at radius 2 is 2.19 bits per heavy atom. The van der Waals surface area contributed by atoms with Crippen molar-refractivity contribution in [2.45, 2.75) is 20.3 Å². The van der Waals surface area contributed by atoms with Crippen molar-refractivity contribution in [3.63, 3.8) is 0 Å². The van der Waals surface area contributed by atoms with E-state index in [9.17, 15) is 9.59 Å². The number of esters is 1. The number of ether oxygens (including phenoxy) is 2. The normalized spacial score (nSPS) is 9.94. The number of methoxy groups -OCH3 is 1. The molecule has 5 nitrogen and oxygen atoms in total. The average Bonchev–Trinajstić information content (AvgIpc) is 2.26. The second kappa shape index (κ2) is 5.34. The second-order valence-corrected chi connectivity index (χ2v) is 3.25. The van der Waals surface area contributed by atoms with Crippen molar-refractivity contribution in [3.05, 3.63) is 27.8 Å². The van der Waals surface area contributed by atoms with Gasteiger partial charge in [-0.3, -0.25) is 0 Å². The van der Waals surface area contributed by atoms with E-state index in [1.54, 1.807) is 6.92 Å². The maximum atomic E-state index is 11.5. The molecule has 0 spiro atoms. The molecule has 0 bridgehead atoms. The molecule has 1 heterocycles. The third-order valence-corrected chi connectivity index (χ3v) is 1.93. The van der Waals surface area contributed by atoms with Crippen LogP contribution in [0.5, 0.6) is 5.75 Å². The van der Waals surface area contributed by atoms with E-state index in [0.29, 0.717) is 12.2 Å². The summed E-state index contributed by atoms with van der Waals surface area (Å²) in [6.07, 6.45) is 0.789. The van der Waals surface area contributed by atoms with Gasteiger partial charge < -0.3 is 13.9 Å². The highest BCUT2D eigenvalue weighted by atomic mass is 16.5. The van der Waals surface area contributed by atoms with Gasteiger partial charge in [-0.15, -0.1) is 0 Å². The van der Waals surface area contributed by atoms with E-state index in [1.165, 1.54) is 13.2 Å². The summed E-state index contributed by atoms with van der Waals surface area (Å²) in [5.74, 6) is -0.648. The molecule has 0 amide bonds. The molecule has 1 aromatic rings. The number of hydrogen-bond donors (Lipinski definition) is 0. The first-order valence-corrected chi connectivity index (χ1v) is 4.96. The Balaban J connectivity index is 3.07. The van der Waals surface area contributed by atoms with E-state index < -0.39 is 11.6 Å². The van der Waals surface area contributed by atoms with Crippen molar-refractivity contribution in [1.29, 1.82) is 0 Å². The highest BCUT2D eigenvalue weighted by molar-refractivity contribution is 5.86. The lowest BCUT2D eigenvalue weighted by Crippen LogP contribution is -2.13. The Bertz CT molecular complexity index is 432. The molecule has 0 saturated heterocycles. The molecule has 0 N–H and O–H groups in total. The SMILES string of the molecule is CCCOc1c(C)cc(C(=O)OC)oc1=O. The Morgan fingerprint density at radius 1 is 1.50 bits per heavy atom. The minimum atomic E-state index is -0.678. The van der Waals surface area contributed by atoms with E-state index in [0.717, 1.165) is 6.42 Å². The highest BCUT2D eigenvalue weighted by Gasteiger charge is 2.15. The summed E-state index contributed by atoms with van der Waals surface area (Å²) in [5, 5.41) is 0. The fraction of sp³-hybridized carbons (Fsp3) is 0.455. The molecule has 1 aromatic heterocycles. The average molecular weight is 226 g/mol. The third kappa shape index (κ3) is 2.62. The summed E-state index contributed by atoms with van der Waals surface area (Å²) in [4.78, 5) is 22.6. The summed E-state index contributed by atoms with van der Waals surface area (Å²) in [5.41, 5.74) is -0.0982. The summed E-state index contributed by atoms with van der Waals surface area (Å²) < 4.78 is 14.5. The first kappa shape index (κ1) is 12.3. The Hall–Kier alpha value is -1.78. The van der Waals surface area contributed by atoms with Gasteiger partial charge in [0.2, 0.25) is 11.5 Å². The maximum absolute atomic E-state index is 11.5. The number of aryl methyl sites for hydroxylation is 1. The van der Waals surface area contributed by atoms with E-state index in [2.05, 4.69) is 4.74 Å². The molecule has 0 aliphatic heterocycles. The topological polar surface area (TPSA) is 65.7 Å². The molecule has 0 saturated carbocycles. The lowest BCUT2D eigenvalue weighted by atomic mass is 10.2. The highest BCUT2D eigenvalue weighted by Crippen LogP contribution is 2.14. The molecule has 88 valence electrons. The van der Waals surface area contributed by atoms with Crippen LogP contribution in [-0.2, 0) is 4.74 Å². The van der Waals surface area contributed by atoms with Gasteiger partial charge in [0.25, 0.3) is 0 Å². The van der Waals surface area contributed by atoms with Crippen molar-refractivity contribution < 1.29 is 18.7 Å². The standard InChI is InChI=1S/C11H14O5/c1-4-5-15-9-7(2)6-8(10(12)14-3)16-11(9)13/h6H,4-5H2,1-3H3. The van der Waals surface area contributed by atoms with Gasteiger partial charge in [0, 0.05) is 5.56 Å². The van der Waals surface area contributed by atoms with Crippen LogP contribution >= 0.6 is 0 Å². The summed E-state index contributed by atoms with van der Waals surface area (Å²) in [6, 6.07) is 1.43. The van der Waals surface area contributed by atoms with Crippen LogP contribution in [0.4, 0.5) is 0 Å². The summed E-state index contributed by atoms with van der Waals surface area (Å²) >= 11 is 0. The quantitative estimate of drug-likeness (QED) is 0.728. The first-order valence-electron chi connectivity index (χ1n) is 4.96. The van der Waals surface area contributed by atoms with Crippen molar-refractivity contribution in [1.82, 2.24) is 0 Å². The van der Waals surface area contributed by atoms with Crippen molar-refractivity contribution >= 4 is 5.97 Å². The van der Waals surface area contributed by atoms with Gasteiger partial charge in [-0.2, -0.15) is 0 Å². The summed E-state index contributed by atoms with van der Waals surface area (Å²) in [6.45, 7) is 4.04. The van der Waals surface area contributed by atoms with Crippen LogP contribution in [0, 0.1) is 6.92 Å². The monoisotopic (exact) mass is 226 g/mol. The van der Waals surface area contributed by atoms with Gasteiger partial charge >= 0.3 is 11.6 Å². The molecule has 5 heteroatoms. The summed E-state index contributed by atoms with van der Waals surface area (Å²) in [7, 11) is 1.22. The molecule has 0 aliphatic carbocycles. The van der Waals surface area contributed by atoms with Crippen LogP contribution in [0.25, 0.3) is 0 Å². The van der Waals surface area contributed by atoms with Gasteiger partial charge in [-0.25, -0.2) is 9.59 Å². The Morgan fingerprint density at radius 3 is 2.69 bits per heavy atom. The fourth-order valence-corrected chi connectivity index (χ4v) is 1.18. The first-order chi connectivity index (χ1) is 7.60. The van der Waals surface area contributed by atoms with Gasteiger partial charge in [-0.05, 0) is 19.4 Å². The molecule has 0 aliphatic rings. The molecular weight excluding hydrogens is 212 g/mol. The minimum absolute atomic E-state index is 0.117. The zero-order chi connectivity index (χ0) is 12.1. The number of carbonyl (C=O) groups excluding carboxylic acids is 1. The lowest BCUT2D eigenvalue weighted by Gasteiger charge is -2.06. The van der Waals surface area contributed by atoms with Crippen LogP contribution < -0.4 is 10.4 Å². The zero-order valence-electron chi connectivity index (χ0n) is 9.53. The molecule has 16 heavy (non-hydrogen) atoms. The molecular formula is C11H14O5. The van der Waals surface area contributed by atoms with Crippen LogP contribution in [0.1, 0.15) is 29.5 Å². The fourth-order valence-electron chi connectivity index (χ4n) is 1.18. The van der Waals surface area contributed by atoms with E-state index >= 15 is 0 Å². The minimum Gasteiger partial charge on any atom is -0.486 e. The van der Waals surface area contributed by atoms with Crippen LogP contribution in [0.3, 0.4) is 0 Å². The molecule has 0 fully saturated rings. The molecule has 0 atom stereocenters. The van der Waals surface area contributed by atoms with Crippen molar-refractivity contribution in [2.24, 2.45) is 0 Å². The van der Waals surface area contributed by atoms with Gasteiger partial charge in [-0.1, -0.05) is 6.92 Å². The van der Waals surface area contributed by atoms with Crippen LogP contribution in [0.15, 0.2) is 15.3 Å². The molecule has 0 aromatic carbocycles. The van der Waals surface area contributed by atoms with E-state index in [-0.39, 0.29) is 11.5 Å². The van der Waals surface area contributed by atoms with Crippen LogP contribution in [0.2, 0.25) is 0 Å². The Kier molecular flexibility index (Phi) is 4.10. The number of rotatable bonds is 4. The molecule has 1 rings (SSSR count). The second-order valence-electron chi connectivity index (χ2n) is 3.25. The van der Waals surface area contributed by atoms with Crippen LogP contribution in [-0.4, -0.2) is 19.7 Å². The number of hydrogen-bond acceptors (Lipinski definition) is 5. The third-order valence-electron chi connectivity index (χ3n) is 1.93. The number of carbonyl (C=O) groups is 1. The maximum Gasteiger partial charge on any atom is 0.379 e. The predicted octanol–water partition coefficient (Wildman–Crippen LogP) is 1.52. The van der Waals surface area contributed by atoms with Crippen molar-refractivity contribution in [3.8, 4) is 5.75 Å². The largest absolute Gasteiger partial charge is 0.486 e. The van der Waals surface area contributed by atoms with Gasteiger partial charge in [0.05, 0.1) is 13.7 Å². The Labute approximate surface area is 93.0 Å².